The van der Waals surface area contributed by atoms with Crippen molar-refractivity contribution in [2.75, 3.05) is 33.8 Å². The lowest BCUT2D eigenvalue weighted by molar-refractivity contribution is 0.0289. The van der Waals surface area contributed by atoms with Crippen LogP contribution in [-0.2, 0) is 0 Å². The highest BCUT2D eigenvalue weighted by molar-refractivity contribution is 4.92. The van der Waals surface area contributed by atoms with Gasteiger partial charge in [-0.05, 0) is 27.1 Å². The van der Waals surface area contributed by atoms with E-state index in [9.17, 15) is 5.11 Å². The van der Waals surface area contributed by atoms with Gasteiger partial charge in [0.05, 0.1) is 6.61 Å². The van der Waals surface area contributed by atoms with Crippen LogP contribution in [0.25, 0.3) is 0 Å². The molecule has 0 radical (unpaired) electrons. The molecule has 72 valence electrons. The first-order valence-electron chi connectivity index (χ1n) is 4.59. The molecule has 2 N–H and O–H groups in total. The third kappa shape index (κ3) is 1.79. The molecule has 1 fully saturated rings. The maximum Gasteiger partial charge on any atom is 0.0512 e. The lowest BCUT2D eigenvalue weighted by atomic mass is 9.78. The number of nitrogens with zero attached hydrogens (tertiary/aromatic N) is 1. The Labute approximate surface area is 74.8 Å². The Morgan fingerprint density at radius 2 is 2.33 bits per heavy atom. The molecule has 1 heterocycles. The third-order valence-corrected chi connectivity index (χ3v) is 2.98. The molecule has 0 spiro atoms. The topological polar surface area (TPSA) is 35.5 Å². The van der Waals surface area contributed by atoms with E-state index in [1.807, 2.05) is 7.05 Å². The predicted octanol–water partition coefficient (Wildman–Crippen LogP) is -0.0915. The van der Waals surface area contributed by atoms with Crippen molar-refractivity contribution in [1.82, 2.24) is 10.2 Å². The second-order valence-electron chi connectivity index (χ2n) is 4.18. The first-order valence-corrected chi connectivity index (χ1v) is 4.59. The molecular weight excluding hydrogens is 152 g/mol. The van der Waals surface area contributed by atoms with E-state index in [-0.39, 0.29) is 12.0 Å². The molecule has 3 nitrogen and oxygen atoms in total. The number of aliphatic hydroxyl groups excluding tert-OH is 1. The van der Waals surface area contributed by atoms with Crippen molar-refractivity contribution in [3.8, 4) is 0 Å². The second-order valence-corrected chi connectivity index (χ2v) is 4.18. The van der Waals surface area contributed by atoms with E-state index in [0.29, 0.717) is 6.04 Å². The first-order chi connectivity index (χ1) is 5.62. The number of hydrogen-bond donors (Lipinski definition) is 2. The minimum Gasteiger partial charge on any atom is -0.396 e. The summed E-state index contributed by atoms with van der Waals surface area (Å²) in [6.07, 6.45) is 1.13. The van der Waals surface area contributed by atoms with E-state index in [1.54, 1.807) is 0 Å². The molecule has 2 unspecified atom stereocenters. The van der Waals surface area contributed by atoms with Gasteiger partial charge in [-0.1, -0.05) is 6.92 Å². The SMILES string of the molecule is CNC1CCN(C)CC1(C)CO. The summed E-state index contributed by atoms with van der Waals surface area (Å²) in [6, 6.07) is 0.457. The predicted molar refractivity (Wildman–Crippen MR) is 50.2 cm³/mol. The van der Waals surface area contributed by atoms with Gasteiger partial charge in [0, 0.05) is 18.0 Å². The number of likely N-dealkylation sites (tertiary alicyclic amines) is 1. The second kappa shape index (κ2) is 3.73. The standard InChI is InChI=1S/C9H20N2O/c1-9(7-12)6-11(3)5-4-8(9)10-2/h8,10,12H,4-7H2,1-3H3. The number of piperidine rings is 1. The van der Waals surface area contributed by atoms with Gasteiger partial charge in [-0.2, -0.15) is 0 Å². The molecule has 0 saturated carbocycles. The molecule has 1 aliphatic rings. The van der Waals surface area contributed by atoms with E-state index >= 15 is 0 Å². The van der Waals surface area contributed by atoms with E-state index in [2.05, 4.69) is 24.2 Å². The maximum absolute atomic E-state index is 9.30. The molecule has 12 heavy (non-hydrogen) atoms. The zero-order valence-corrected chi connectivity index (χ0v) is 8.30. The normalized spacial score (nSPS) is 38.5. The van der Waals surface area contributed by atoms with Crippen LogP contribution in [0, 0.1) is 5.41 Å². The lowest BCUT2D eigenvalue weighted by Crippen LogP contribution is -2.55. The molecule has 1 rings (SSSR count). The summed E-state index contributed by atoms with van der Waals surface area (Å²) in [6.45, 7) is 4.52. The Balaban J connectivity index is 2.63. The van der Waals surface area contributed by atoms with Gasteiger partial charge in [0.1, 0.15) is 0 Å². The summed E-state index contributed by atoms with van der Waals surface area (Å²) in [4.78, 5) is 2.28. The Morgan fingerprint density at radius 1 is 1.67 bits per heavy atom. The van der Waals surface area contributed by atoms with Gasteiger partial charge in [-0.3, -0.25) is 0 Å². The number of aliphatic hydroxyl groups is 1. The van der Waals surface area contributed by atoms with Crippen LogP contribution in [0.5, 0.6) is 0 Å². The fourth-order valence-corrected chi connectivity index (χ4v) is 2.16. The Kier molecular flexibility index (Phi) is 3.09. The lowest BCUT2D eigenvalue weighted by Gasteiger charge is -2.44. The highest BCUT2D eigenvalue weighted by Gasteiger charge is 2.36. The summed E-state index contributed by atoms with van der Waals surface area (Å²) in [5, 5.41) is 12.6. The molecule has 2 atom stereocenters. The van der Waals surface area contributed by atoms with Crippen LogP contribution in [-0.4, -0.2) is 49.8 Å². The fraction of sp³-hybridized carbons (Fsp3) is 1.00. The van der Waals surface area contributed by atoms with Crippen LogP contribution in [0.1, 0.15) is 13.3 Å². The minimum absolute atomic E-state index is 0.0295. The maximum atomic E-state index is 9.30. The van der Waals surface area contributed by atoms with Crippen LogP contribution in [0.4, 0.5) is 0 Å². The number of rotatable bonds is 2. The average Bonchev–Trinajstić information content (AvgIpc) is 2.05. The van der Waals surface area contributed by atoms with E-state index in [1.165, 1.54) is 0 Å². The molecule has 0 bridgehead atoms. The Morgan fingerprint density at radius 3 is 2.83 bits per heavy atom. The number of hydrogen-bond acceptors (Lipinski definition) is 3. The van der Waals surface area contributed by atoms with Crippen molar-refractivity contribution in [3.63, 3.8) is 0 Å². The van der Waals surface area contributed by atoms with Gasteiger partial charge < -0.3 is 15.3 Å². The highest BCUT2D eigenvalue weighted by Crippen LogP contribution is 2.28. The van der Waals surface area contributed by atoms with Crippen LogP contribution in [0.15, 0.2) is 0 Å². The van der Waals surface area contributed by atoms with Crippen molar-refractivity contribution in [3.05, 3.63) is 0 Å². The molecule has 1 aliphatic heterocycles. The van der Waals surface area contributed by atoms with Gasteiger partial charge in [-0.15, -0.1) is 0 Å². The number of nitrogens with one attached hydrogen (secondary N) is 1. The fourth-order valence-electron chi connectivity index (χ4n) is 2.16. The Hall–Kier alpha value is -0.120. The Bertz CT molecular complexity index is 151. The molecule has 0 aromatic heterocycles. The van der Waals surface area contributed by atoms with Gasteiger partial charge in [0.15, 0.2) is 0 Å². The van der Waals surface area contributed by atoms with Crippen LogP contribution < -0.4 is 5.32 Å². The van der Waals surface area contributed by atoms with Gasteiger partial charge in [0.25, 0.3) is 0 Å². The summed E-state index contributed by atoms with van der Waals surface area (Å²) in [7, 11) is 4.09. The van der Waals surface area contributed by atoms with Gasteiger partial charge >= 0.3 is 0 Å². The van der Waals surface area contributed by atoms with Crippen LogP contribution in [0.3, 0.4) is 0 Å². The van der Waals surface area contributed by atoms with Crippen LogP contribution >= 0.6 is 0 Å². The summed E-state index contributed by atoms with van der Waals surface area (Å²) >= 11 is 0. The molecule has 3 heteroatoms. The van der Waals surface area contributed by atoms with Crippen molar-refractivity contribution in [1.29, 1.82) is 0 Å². The molecule has 1 saturated heterocycles. The van der Waals surface area contributed by atoms with Gasteiger partial charge in [-0.25, -0.2) is 0 Å². The zero-order chi connectivity index (χ0) is 9.19. The smallest absolute Gasteiger partial charge is 0.0512 e. The zero-order valence-electron chi connectivity index (χ0n) is 8.30. The molecule has 0 amide bonds. The van der Waals surface area contributed by atoms with E-state index in [4.69, 9.17) is 0 Å². The molecule has 0 aromatic rings. The van der Waals surface area contributed by atoms with Crippen molar-refractivity contribution in [2.24, 2.45) is 5.41 Å². The van der Waals surface area contributed by atoms with E-state index in [0.717, 1.165) is 19.5 Å². The van der Waals surface area contributed by atoms with Crippen LogP contribution in [0.2, 0.25) is 0 Å². The van der Waals surface area contributed by atoms with Crippen molar-refractivity contribution in [2.45, 2.75) is 19.4 Å². The first kappa shape index (κ1) is 9.96. The largest absolute Gasteiger partial charge is 0.396 e. The minimum atomic E-state index is 0.0295. The van der Waals surface area contributed by atoms with E-state index < -0.39 is 0 Å². The molecule has 0 aliphatic carbocycles. The highest BCUT2D eigenvalue weighted by atomic mass is 16.3. The van der Waals surface area contributed by atoms with Crippen molar-refractivity contribution >= 4 is 0 Å². The monoisotopic (exact) mass is 172 g/mol. The quantitative estimate of drug-likeness (QED) is 0.611. The molecule has 0 aromatic carbocycles. The summed E-state index contributed by atoms with van der Waals surface area (Å²) in [5.41, 5.74) is 0.0295. The van der Waals surface area contributed by atoms with Crippen molar-refractivity contribution < 1.29 is 5.11 Å². The third-order valence-electron chi connectivity index (χ3n) is 2.98. The van der Waals surface area contributed by atoms with Gasteiger partial charge in [0.2, 0.25) is 0 Å². The summed E-state index contributed by atoms with van der Waals surface area (Å²) in [5.74, 6) is 0. The molecular formula is C9H20N2O. The average molecular weight is 172 g/mol. The summed E-state index contributed by atoms with van der Waals surface area (Å²) < 4.78 is 0.